The van der Waals surface area contributed by atoms with Crippen molar-refractivity contribution < 1.29 is 9.90 Å². The Morgan fingerprint density at radius 1 is 1.25 bits per heavy atom. The summed E-state index contributed by atoms with van der Waals surface area (Å²) < 4.78 is 0. The second-order valence-corrected chi connectivity index (χ2v) is 5.54. The van der Waals surface area contributed by atoms with Gasteiger partial charge in [-0.3, -0.25) is 4.79 Å². The maximum absolute atomic E-state index is 11.1. The molecule has 0 fully saturated rings. The summed E-state index contributed by atoms with van der Waals surface area (Å²) in [4.78, 5) is 13.3. The van der Waals surface area contributed by atoms with Crippen LogP contribution in [0.5, 0.6) is 0 Å². The molecule has 1 aromatic carbocycles. The van der Waals surface area contributed by atoms with Gasteiger partial charge in [-0.1, -0.05) is 44.2 Å². The van der Waals surface area contributed by atoms with E-state index in [0.29, 0.717) is 6.42 Å². The third-order valence-corrected chi connectivity index (χ3v) is 3.26. The minimum Gasteiger partial charge on any atom is -0.480 e. The lowest BCUT2D eigenvalue weighted by molar-refractivity contribution is -0.139. The summed E-state index contributed by atoms with van der Waals surface area (Å²) in [5, 5.41) is 12.2. The highest BCUT2D eigenvalue weighted by Gasteiger charge is 2.18. The first kappa shape index (κ1) is 16.7. The van der Waals surface area contributed by atoms with Crippen molar-refractivity contribution in [1.29, 1.82) is 0 Å². The van der Waals surface area contributed by atoms with Crippen molar-refractivity contribution in [2.75, 3.05) is 20.1 Å². The van der Waals surface area contributed by atoms with Crippen LogP contribution >= 0.6 is 0 Å². The number of benzene rings is 1. The van der Waals surface area contributed by atoms with E-state index in [4.69, 9.17) is 5.11 Å². The molecular weight excluding hydrogens is 252 g/mol. The Labute approximate surface area is 121 Å². The van der Waals surface area contributed by atoms with Crippen molar-refractivity contribution in [3.8, 4) is 0 Å². The van der Waals surface area contributed by atoms with Gasteiger partial charge in [0.25, 0.3) is 0 Å². The van der Waals surface area contributed by atoms with Gasteiger partial charge in [-0.15, -0.1) is 0 Å². The van der Waals surface area contributed by atoms with E-state index >= 15 is 0 Å². The third-order valence-electron chi connectivity index (χ3n) is 3.26. The van der Waals surface area contributed by atoms with Gasteiger partial charge in [0.2, 0.25) is 0 Å². The van der Waals surface area contributed by atoms with Crippen LogP contribution in [0.15, 0.2) is 30.3 Å². The van der Waals surface area contributed by atoms with Gasteiger partial charge >= 0.3 is 5.97 Å². The van der Waals surface area contributed by atoms with E-state index in [9.17, 15) is 4.79 Å². The Balaban J connectivity index is 2.30. The van der Waals surface area contributed by atoms with Gasteiger partial charge in [0.1, 0.15) is 6.04 Å². The third kappa shape index (κ3) is 6.68. The molecule has 1 aromatic rings. The lowest BCUT2D eigenvalue weighted by Crippen LogP contribution is -2.42. The van der Waals surface area contributed by atoms with Gasteiger partial charge in [-0.2, -0.15) is 0 Å². The molecule has 0 heterocycles. The molecule has 0 bridgehead atoms. The van der Waals surface area contributed by atoms with Gasteiger partial charge in [0.15, 0.2) is 0 Å². The molecule has 0 aliphatic carbocycles. The molecule has 0 radical (unpaired) electrons. The van der Waals surface area contributed by atoms with Crippen LogP contribution in [0, 0.1) is 0 Å². The molecule has 0 spiro atoms. The summed E-state index contributed by atoms with van der Waals surface area (Å²) in [5.41, 5.74) is 1.31. The van der Waals surface area contributed by atoms with Crippen molar-refractivity contribution in [2.24, 2.45) is 0 Å². The van der Waals surface area contributed by atoms with E-state index < -0.39 is 12.0 Å². The first-order valence-corrected chi connectivity index (χ1v) is 7.20. The topological polar surface area (TPSA) is 52.6 Å². The number of nitrogens with zero attached hydrogens (tertiary/aromatic N) is 1. The van der Waals surface area contributed by atoms with E-state index in [2.05, 4.69) is 22.3 Å². The predicted octanol–water partition coefficient (Wildman–Crippen LogP) is 2.00. The van der Waals surface area contributed by atoms with Crippen LogP contribution in [-0.4, -0.2) is 48.2 Å². The van der Waals surface area contributed by atoms with Crippen molar-refractivity contribution in [3.05, 3.63) is 35.9 Å². The molecule has 0 aromatic heterocycles. The zero-order valence-electron chi connectivity index (χ0n) is 12.7. The van der Waals surface area contributed by atoms with E-state index in [0.717, 1.165) is 19.5 Å². The summed E-state index contributed by atoms with van der Waals surface area (Å²) >= 11 is 0. The molecule has 0 saturated heterocycles. The molecule has 20 heavy (non-hydrogen) atoms. The SMILES string of the molecule is CC(C)NC(CCN(C)CCc1ccccc1)C(=O)O. The Kier molecular flexibility index (Phi) is 7.26. The number of aliphatic carboxylic acids is 1. The molecule has 0 amide bonds. The summed E-state index contributed by atoms with van der Waals surface area (Å²) in [6.45, 7) is 5.66. The van der Waals surface area contributed by atoms with Gasteiger partial charge in [-0.25, -0.2) is 0 Å². The fraction of sp³-hybridized carbons (Fsp3) is 0.562. The molecule has 0 aliphatic rings. The van der Waals surface area contributed by atoms with Gasteiger partial charge in [-0.05, 0) is 32.0 Å². The van der Waals surface area contributed by atoms with Crippen molar-refractivity contribution >= 4 is 5.97 Å². The van der Waals surface area contributed by atoms with Crippen LogP contribution < -0.4 is 5.32 Å². The first-order valence-electron chi connectivity index (χ1n) is 7.20. The predicted molar refractivity (Wildman–Crippen MR) is 82.0 cm³/mol. The molecular formula is C16H26N2O2. The highest BCUT2D eigenvalue weighted by Crippen LogP contribution is 2.02. The molecule has 4 heteroatoms. The molecule has 0 aliphatic heterocycles. The van der Waals surface area contributed by atoms with Crippen LogP contribution in [-0.2, 0) is 11.2 Å². The van der Waals surface area contributed by atoms with E-state index in [1.807, 2.05) is 39.1 Å². The fourth-order valence-corrected chi connectivity index (χ4v) is 2.11. The number of carboxylic acids is 1. The minimum absolute atomic E-state index is 0.186. The smallest absolute Gasteiger partial charge is 0.320 e. The average molecular weight is 278 g/mol. The van der Waals surface area contributed by atoms with Crippen molar-refractivity contribution in [2.45, 2.75) is 38.8 Å². The highest BCUT2D eigenvalue weighted by molar-refractivity contribution is 5.73. The lowest BCUT2D eigenvalue weighted by Gasteiger charge is -2.21. The largest absolute Gasteiger partial charge is 0.480 e. The summed E-state index contributed by atoms with van der Waals surface area (Å²) in [6, 6.07) is 10.1. The molecule has 1 atom stereocenters. The number of rotatable bonds is 9. The molecule has 112 valence electrons. The van der Waals surface area contributed by atoms with Gasteiger partial charge in [0.05, 0.1) is 0 Å². The number of carboxylic acid groups (broad SMARTS) is 1. The number of hydrogen-bond donors (Lipinski definition) is 2. The van der Waals surface area contributed by atoms with Crippen LogP contribution in [0.3, 0.4) is 0 Å². The number of hydrogen-bond acceptors (Lipinski definition) is 3. The van der Waals surface area contributed by atoms with Crippen molar-refractivity contribution in [3.63, 3.8) is 0 Å². The zero-order chi connectivity index (χ0) is 15.0. The quantitative estimate of drug-likeness (QED) is 0.725. The molecule has 1 unspecified atom stereocenters. The zero-order valence-corrected chi connectivity index (χ0v) is 12.7. The Morgan fingerprint density at radius 3 is 2.45 bits per heavy atom. The maximum Gasteiger partial charge on any atom is 0.320 e. The minimum atomic E-state index is -0.768. The van der Waals surface area contributed by atoms with Crippen molar-refractivity contribution in [1.82, 2.24) is 10.2 Å². The second kappa shape index (κ2) is 8.72. The standard InChI is InChI=1S/C16H26N2O2/c1-13(2)17-15(16(19)20)10-12-18(3)11-9-14-7-5-4-6-8-14/h4-8,13,15,17H,9-12H2,1-3H3,(H,19,20). The van der Waals surface area contributed by atoms with Crippen LogP contribution in [0.2, 0.25) is 0 Å². The van der Waals surface area contributed by atoms with E-state index in [1.54, 1.807) is 0 Å². The van der Waals surface area contributed by atoms with E-state index in [-0.39, 0.29) is 6.04 Å². The fourth-order valence-electron chi connectivity index (χ4n) is 2.11. The van der Waals surface area contributed by atoms with Gasteiger partial charge in [0, 0.05) is 12.6 Å². The highest BCUT2D eigenvalue weighted by atomic mass is 16.4. The first-order chi connectivity index (χ1) is 9.49. The van der Waals surface area contributed by atoms with Crippen LogP contribution in [0.25, 0.3) is 0 Å². The van der Waals surface area contributed by atoms with Crippen LogP contribution in [0.1, 0.15) is 25.8 Å². The van der Waals surface area contributed by atoms with Crippen LogP contribution in [0.4, 0.5) is 0 Å². The lowest BCUT2D eigenvalue weighted by atomic mass is 10.1. The summed E-state index contributed by atoms with van der Waals surface area (Å²) in [7, 11) is 2.04. The molecule has 2 N–H and O–H groups in total. The molecule has 0 saturated carbocycles. The Bertz CT molecular complexity index is 393. The van der Waals surface area contributed by atoms with Gasteiger partial charge < -0.3 is 15.3 Å². The number of carbonyl (C=O) groups is 1. The Hall–Kier alpha value is -1.39. The normalized spacial score (nSPS) is 12.8. The molecule has 4 nitrogen and oxygen atoms in total. The molecule has 1 rings (SSSR count). The van der Waals surface area contributed by atoms with E-state index in [1.165, 1.54) is 5.56 Å². The number of likely N-dealkylation sites (N-methyl/N-ethyl adjacent to an activating group) is 1. The monoisotopic (exact) mass is 278 g/mol. The summed E-state index contributed by atoms with van der Waals surface area (Å²) in [6.07, 6.45) is 1.62. The summed E-state index contributed by atoms with van der Waals surface area (Å²) in [5.74, 6) is -0.768. The maximum atomic E-state index is 11.1. The average Bonchev–Trinajstić information content (AvgIpc) is 2.41. The second-order valence-electron chi connectivity index (χ2n) is 5.54. The Morgan fingerprint density at radius 2 is 1.90 bits per heavy atom. The number of nitrogens with one attached hydrogen (secondary N) is 1.